The Morgan fingerprint density at radius 2 is 2.17 bits per heavy atom. The van der Waals surface area contributed by atoms with E-state index in [1.54, 1.807) is 0 Å². The van der Waals surface area contributed by atoms with Gasteiger partial charge in [-0.2, -0.15) is 0 Å². The fraction of sp³-hybridized carbons (Fsp3) is 1.00. The van der Waals surface area contributed by atoms with E-state index in [4.69, 9.17) is 5.73 Å². The zero-order chi connectivity index (χ0) is 8.55. The minimum atomic E-state index is 0.823. The van der Waals surface area contributed by atoms with Crippen LogP contribution in [0.15, 0.2) is 0 Å². The van der Waals surface area contributed by atoms with Gasteiger partial charge in [-0.25, -0.2) is 0 Å². The van der Waals surface area contributed by atoms with Crippen molar-refractivity contribution in [3.05, 3.63) is 0 Å². The fourth-order valence-corrected chi connectivity index (χ4v) is 3.04. The summed E-state index contributed by atoms with van der Waals surface area (Å²) < 4.78 is 0. The highest BCUT2D eigenvalue weighted by Gasteiger charge is 2.34. The average Bonchev–Trinajstić information content (AvgIpc) is 2.04. The van der Waals surface area contributed by atoms with Crippen molar-refractivity contribution in [3.63, 3.8) is 0 Å². The van der Waals surface area contributed by atoms with E-state index in [1.165, 1.54) is 32.4 Å². The number of rotatable bonds is 1. The van der Waals surface area contributed by atoms with Crippen molar-refractivity contribution < 1.29 is 0 Å². The minimum absolute atomic E-state index is 0.823. The Morgan fingerprint density at radius 3 is 2.92 bits per heavy atom. The quantitative estimate of drug-likeness (QED) is 0.631. The maximum absolute atomic E-state index is 5.77. The van der Waals surface area contributed by atoms with Gasteiger partial charge >= 0.3 is 0 Å². The zero-order valence-corrected chi connectivity index (χ0v) is 8.00. The van der Waals surface area contributed by atoms with Gasteiger partial charge in [0.05, 0.1) is 0 Å². The Morgan fingerprint density at radius 1 is 1.33 bits per heavy atom. The van der Waals surface area contributed by atoms with Crippen molar-refractivity contribution in [2.24, 2.45) is 23.5 Å². The molecule has 1 aliphatic heterocycles. The molecule has 1 heterocycles. The van der Waals surface area contributed by atoms with Gasteiger partial charge in [0.25, 0.3) is 0 Å². The van der Waals surface area contributed by atoms with E-state index < -0.39 is 0 Å². The normalized spacial score (nSPS) is 43.0. The summed E-state index contributed by atoms with van der Waals surface area (Å²) >= 11 is 0. The SMILES string of the molecule is CN1CC2CCC(CN)C(C2)C1. The van der Waals surface area contributed by atoms with Crippen LogP contribution in [-0.4, -0.2) is 31.6 Å². The molecule has 1 saturated carbocycles. The van der Waals surface area contributed by atoms with Crippen molar-refractivity contribution in [1.29, 1.82) is 0 Å². The van der Waals surface area contributed by atoms with Crippen LogP contribution in [0, 0.1) is 17.8 Å². The predicted octanol–water partition coefficient (Wildman–Crippen LogP) is 0.923. The zero-order valence-electron chi connectivity index (χ0n) is 8.00. The summed E-state index contributed by atoms with van der Waals surface area (Å²) in [6.07, 6.45) is 4.26. The molecular weight excluding hydrogens is 148 g/mol. The van der Waals surface area contributed by atoms with Crippen LogP contribution in [0.1, 0.15) is 19.3 Å². The van der Waals surface area contributed by atoms with Crippen LogP contribution in [0.3, 0.4) is 0 Å². The third kappa shape index (κ3) is 1.50. The Hall–Kier alpha value is -0.0800. The van der Waals surface area contributed by atoms with Gasteiger partial charge in [0.15, 0.2) is 0 Å². The lowest BCUT2D eigenvalue weighted by atomic mass is 9.71. The van der Waals surface area contributed by atoms with Crippen LogP contribution in [0.2, 0.25) is 0 Å². The molecule has 2 N–H and O–H groups in total. The Bertz CT molecular complexity index is 156. The first kappa shape index (κ1) is 8.52. The van der Waals surface area contributed by atoms with Gasteiger partial charge in [0.2, 0.25) is 0 Å². The molecule has 2 rings (SSSR count). The van der Waals surface area contributed by atoms with Crippen molar-refractivity contribution >= 4 is 0 Å². The molecule has 2 aliphatic rings. The number of hydrogen-bond acceptors (Lipinski definition) is 2. The number of nitrogens with zero attached hydrogens (tertiary/aromatic N) is 1. The first-order valence-electron chi connectivity index (χ1n) is 5.18. The van der Waals surface area contributed by atoms with Gasteiger partial charge in [-0.05, 0) is 50.6 Å². The summed E-state index contributed by atoms with van der Waals surface area (Å²) in [5.41, 5.74) is 5.77. The largest absolute Gasteiger partial charge is 0.330 e. The highest BCUT2D eigenvalue weighted by atomic mass is 15.1. The molecule has 0 radical (unpaired) electrons. The number of likely N-dealkylation sites (tertiary alicyclic amines) is 1. The molecule has 2 fully saturated rings. The van der Waals surface area contributed by atoms with E-state index >= 15 is 0 Å². The maximum atomic E-state index is 5.77. The van der Waals surface area contributed by atoms with Crippen LogP contribution < -0.4 is 5.73 Å². The second-order valence-electron chi connectivity index (χ2n) is 4.66. The molecule has 1 saturated heterocycles. The standard InChI is InChI=1S/C10H20N2/c1-12-6-8-2-3-9(5-11)10(4-8)7-12/h8-10H,2-7,11H2,1H3. The van der Waals surface area contributed by atoms with E-state index in [2.05, 4.69) is 11.9 Å². The molecule has 2 nitrogen and oxygen atoms in total. The second-order valence-corrected chi connectivity index (χ2v) is 4.66. The molecule has 0 aromatic heterocycles. The third-order valence-electron chi connectivity index (χ3n) is 3.67. The molecule has 2 heteroatoms. The molecule has 0 amide bonds. The van der Waals surface area contributed by atoms with Gasteiger partial charge in [0, 0.05) is 13.1 Å². The maximum Gasteiger partial charge on any atom is 0.000996 e. The Labute approximate surface area is 75.1 Å². The van der Waals surface area contributed by atoms with Gasteiger partial charge in [-0.15, -0.1) is 0 Å². The fourth-order valence-electron chi connectivity index (χ4n) is 3.04. The van der Waals surface area contributed by atoms with E-state index in [0.29, 0.717) is 0 Å². The van der Waals surface area contributed by atoms with Gasteiger partial charge in [-0.3, -0.25) is 0 Å². The summed E-state index contributed by atoms with van der Waals surface area (Å²) in [7, 11) is 2.25. The highest BCUT2D eigenvalue weighted by molar-refractivity contribution is 4.87. The van der Waals surface area contributed by atoms with Crippen LogP contribution >= 0.6 is 0 Å². The second kappa shape index (κ2) is 3.35. The molecular formula is C10H20N2. The lowest BCUT2D eigenvalue weighted by molar-refractivity contribution is 0.0654. The summed E-state index contributed by atoms with van der Waals surface area (Å²) in [4.78, 5) is 2.49. The van der Waals surface area contributed by atoms with Crippen molar-refractivity contribution in [1.82, 2.24) is 4.90 Å². The third-order valence-corrected chi connectivity index (χ3v) is 3.67. The van der Waals surface area contributed by atoms with Crippen molar-refractivity contribution in [2.75, 3.05) is 26.7 Å². The average molecular weight is 168 g/mol. The first-order chi connectivity index (χ1) is 5.79. The van der Waals surface area contributed by atoms with Crippen LogP contribution in [0.25, 0.3) is 0 Å². The lowest BCUT2D eigenvalue weighted by Crippen LogP contribution is -2.45. The molecule has 3 atom stereocenters. The van der Waals surface area contributed by atoms with Crippen molar-refractivity contribution in [2.45, 2.75) is 19.3 Å². The molecule has 1 aliphatic carbocycles. The molecule has 0 aromatic rings. The molecule has 70 valence electrons. The molecule has 0 aromatic carbocycles. The minimum Gasteiger partial charge on any atom is -0.330 e. The van der Waals surface area contributed by atoms with E-state index in [0.717, 1.165) is 24.3 Å². The Kier molecular flexibility index (Phi) is 2.37. The smallest absolute Gasteiger partial charge is 0.000996 e. The lowest BCUT2D eigenvalue weighted by Gasteiger charge is -2.43. The van der Waals surface area contributed by atoms with Gasteiger partial charge in [0.1, 0.15) is 0 Å². The van der Waals surface area contributed by atoms with Gasteiger partial charge < -0.3 is 10.6 Å². The first-order valence-corrected chi connectivity index (χ1v) is 5.18. The summed E-state index contributed by atoms with van der Waals surface area (Å²) in [6, 6.07) is 0. The van der Waals surface area contributed by atoms with Crippen LogP contribution in [-0.2, 0) is 0 Å². The number of piperidine rings is 1. The van der Waals surface area contributed by atoms with Gasteiger partial charge in [-0.1, -0.05) is 0 Å². The molecule has 12 heavy (non-hydrogen) atoms. The molecule has 2 bridgehead atoms. The summed E-state index contributed by atoms with van der Waals surface area (Å²) in [5.74, 6) is 2.72. The predicted molar refractivity (Wildman–Crippen MR) is 50.9 cm³/mol. The summed E-state index contributed by atoms with van der Waals surface area (Å²) in [6.45, 7) is 3.53. The van der Waals surface area contributed by atoms with E-state index in [9.17, 15) is 0 Å². The van der Waals surface area contributed by atoms with Crippen LogP contribution in [0.4, 0.5) is 0 Å². The number of fused-ring (bicyclic) bond motifs is 2. The molecule has 0 spiro atoms. The number of hydrogen-bond donors (Lipinski definition) is 1. The Balaban J connectivity index is 2.00. The monoisotopic (exact) mass is 168 g/mol. The number of nitrogens with two attached hydrogens (primary N) is 1. The van der Waals surface area contributed by atoms with Crippen molar-refractivity contribution in [3.8, 4) is 0 Å². The highest BCUT2D eigenvalue weighted by Crippen LogP contribution is 2.37. The molecule has 3 unspecified atom stereocenters. The van der Waals surface area contributed by atoms with E-state index in [1.807, 2.05) is 0 Å². The van der Waals surface area contributed by atoms with Crippen LogP contribution in [0.5, 0.6) is 0 Å². The van der Waals surface area contributed by atoms with E-state index in [-0.39, 0.29) is 0 Å². The summed E-state index contributed by atoms with van der Waals surface area (Å²) in [5, 5.41) is 0. The topological polar surface area (TPSA) is 29.3 Å².